The summed E-state index contributed by atoms with van der Waals surface area (Å²) in [6, 6.07) is 16.9. The Labute approximate surface area is 216 Å². The fourth-order valence-electron chi connectivity index (χ4n) is 3.63. The molecule has 0 aliphatic carbocycles. The van der Waals surface area contributed by atoms with Crippen LogP contribution >= 0.6 is 23.8 Å². The minimum Gasteiger partial charge on any atom is -0.495 e. The van der Waals surface area contributed by atoms with Crippen LogP contribution in [0.15, 0.2) is 72.8 Å². The van der Waals surface area contributed by atoms with Crippen LogP contribution in [-0.2, 0) is 9.59 Å². The van der Waals surface area contributed by atoms with Crippen LogP contribution in [0, 0.1) is 5.82 Å². The van der Waals surface area contributed by atoms with Gasteiger partial charge in [0.2, 0.25) is 11.0 Å². The van der Waals surface area contributed by atoms with Crippen molar-refractivity contribution in [2.24, 2.45) is 0 Å². The lowest BCUT2D eigenvalue weighted by atomic mass is 10.1. The molecule has 3 aromatic carbocycles. The van der Waals surface area contributed by atoms with Gasteiger partial charge in [0.1, 0.15) is 17.6 Å². The first-order chi connectivity index (χ1) is 17.3. The summed E-state index contributed by atoms with van der Waals surface area (Å²) >= 11 is 11.4. The molecule has 0 spiro atoms. The lowest BCUT2D eigenvalue weighted by molar-refractivity contribution is -0.124. The third-order valence-electron chi connectivity index (χ3n) is 5.39. The molecule has 36 heavy (non-hydrogen) atoms. The highest BCUT2D eigenvalue weighted by atomic mass is 35.5. The number of rotatable bonds is 7. The number of nitrogens with zero attached hydrogens (tertiary/aromatic N) is 2. The largest absolute Gasteiger partial charge is 0.495 e. The van der Waals surface area contributed by atoms with Gasteiger partial charge in [-0.3, -0.25) is 24.7 Å². The highest BCUT2D eigenvalue weighted by Crippen LogP contribution is 2.28. The van der Waals surface area contributed by atoms with Gasteiger partial charge in [-0.25, -0.2) is 9.40 Å². The number of thiocarbonyl (C=S) groups is 1. The molecule has 4 rings (SSSR count). The average molecular weight is 527 g/mol. The van der Waals surface area contributed by atoms with Crippen molar-refractivity contribution in [1.82, 2.24) is 10.4 Å². The Morgan fingerprint density at radius 2 is 1.72 bits per heavy atom. The van der Waals surface area contributed by atoms with E-state index in [2.05, 4.69) is 10.7 Å². The second-order valence-electron chi connectivity index (χ2n) is 7.72. The van der Waals surface area contributed by atoms with Crippen molar-refractivity contribution in [3.05, 3.63) is 89.2 Å². The molecule has 11 heteroatoms. The van der Waals surface area contributed by atoms with E-state index in [-0.39, 0.29) is 17.1 Å². The molecular weight excluding hydrogens is 507 g/mol. The van der Waals surface area contributed by atoms with Crippen LogP contribution in [0.1, 0.15) is 16.8 Å². The van der Waals surface area contributed by atoms with E-state index in [1.54, 1.807) is 36.4 Å². The Bertz CT molecular complexity index is 1320. The summed E-state index contributed by atoms with van der Waals surface area (Å²) < 4.78 is 18.7. The Hall–Kier alpha value is -4.02. The SMILES string of the molecule is COc1ccccc1NC(=O)C[C@H]1C(=O)N(c2ccc(F)cc2)C(=S)N1NC(=O)c1ccc(Cl)cc1. The first-order valence-corrected chi connectivity index (χ1v) is 11.5. The number of benzene rings is 3. The minimum atomic E-state index is -1.16. The van der Waals surface area contributed by atoms with Gasteiger partial charge in [-0.05, 0) is 72.9 Å². The van der Waals surface area contributed by atoms with E-state index in [9.17, 15) is 18.8 Å². The predicted molar refractivity (Wildman–Crippen MR) is 137 cm³/mol. The number of hydrogen-bond donors (Lipinski definition) is 2. The fourth-order valence-corrected chi connectivity index (χ4v) is 4.12. The molecule has 8 nitrogen and oxygen atoms in total. The molecule has 0 bridgehead atoms. The molecule has 184 valence electrons. The maximum Gasteiger partial charge on any atom is 0.269 e. The summed E-state index contributed by atoms with van der Waals surface area (Å²) in [6.07, 6.45) is -0.338. The Kier molecular flexibility index (Phi) is 7.47. The Balaban J connectivity index is 1.61. The Morgan fingerprint density at radius 3 is 2.39 bits per heavy atom. The van der Waals surface area contributed by atoms with E-state index < -0.39 is 29.6 Å². The lowest BCUT2D eigenvalue weighted by Gasteiger charge is -2.24. The highest BCUT2D eigenvalue weighted by Gasteiger charge is 2.45. The molecule has 1 heterocycles. The minimum absolute atomic E-state index is 0.0657. The molecular formula is C25H20ClFN4O4S. The molecule has 3 aromatic rings. The van der Waals surface area contributed by atoms with Crippen molar-refractivity contribution >= 4 is 58.0 Å². The molecule has 3 amide bonds. The van der Waals surface area contributed by atoms with Gasteiger partial charge in [0.15, 0.2) is 0 Å². The topological polar surface area (TPSA) is 91.0 Å². The van der Waals surface area contributed by atoms with E-state index in [0.717, 1.165) is 4.90 Å². The molecule has 0 saturated carbocycles. The molecule has 0 aromatic heterocycles. The van der Waals surface area contributed by atoms with Crippen LogP contribution < -0.4 is 20.4 Å². The zero-order valence-electron chi connectivity index (χ0n) is 18.9. The standard InChI is InChI=1S/C25H20ClFN4O4S/c1-35-21-5-3-2-4-19(21)28-22(32)14-20-24(34)30(18-12-10-17(27)11-13-18)25(36)31(20)29-23(33)15-6-8-16(26)9-7-15/h2-13,20H,14H2,1H3,(H,28,32)(H,29,33)/t20-/m0/s1. The number of methoxy groups -OCH3 is 1. The summed E-state index contributed by atoms with van der Waals surface area (Å²) in [7, 11) is 1.47. The van der Waals surface area contributed by atoms with Crippen LogP contribution in [-0.4, -0.2) is 41.0 Å². The van der Waals surface area contributed by atoms with Gasteiger partial charge in [-0.15, -0.1) is 0 Å². The number of anilines is 2. The van der Waals surface area contributed by atoms with Gasteiger partial charge in [0.25, 0.3) is 11.8 Å². The van der Waals surface area contributed by atoms with Gasteiger partial charge >= 0.3 is 0 Å². The molecule has 1 atom stereocenters. The number of nitrogens with one attached hydrogen (secondary N) is 2. The van der Waals surface area contributed by atoms with Gasteiger partial charge < -0.3 is 10.1 Å². The van der Waals surface area contributed by atoms with E-state index in [1.807, 2.05) is 0 Å². The zero-order chi connectivity index (χ0) is 25.8. The van der Waals surface area contributed by atoms with Crippen molar-refractivity contribution in [3.63, 3.8) is 0 Å². The fraction of sp³-hybridized carbons (Fsp3) is 0.120. The summed E-state index contributed by atoms with van der Waals surface area (Å²) in [5.74, 6) is -1.67. The molecule has 0 radical (unpaired) electrons. The van der Waals surface area contributed by atoms with Crippen molar-refractivity contribution < 1.29 is 23.5 Å². The molecule has 0 unspecified atom stereocenters. The maximum atomic E-state index is 13.5. The third-order valence-corrected chi connectivity index (χ3v) is 6.02. The van der Waals surface area contributed by atoms with E-state index >= 15 is 0 Å². The van der Waals surface area contributed by atoms with Crippen molar-refractivity contribution in [3.8, 4) is 5.75 Å². The third kappa shape index (κ3) is 5.29. The number of amides is 3. The van der Waals surface area contributed by atoms with E-state index in [0.29, 0.717) is 22.1 Å². The van der Waals surface area contributed by atoms with E-state index in [1.165, 1.54) is 48.5 Å². The van der Waals surface area contributed by atoms with Crippen LogP contribution in [0.3, 0.4) is 0 Å². The Morgan fingerprint density at radius 1 is 1.06 bits per heavy atom. The van der Waals surface area contributed by atoms with Gasteiger partial charge in [-0.2, -0.15) is 0 Å². The van der Waals surface area contributed by atoms with Gasteiger partial charge in [0, 0.05) is 10.6 Å². The smallest absolute Gasteiger partial charge is 0.269 e. The van der Waals surface area contributed by atoms with Crippen molar-refractivity contribution in [1.29, 1.82) is 0 Å². The summed E-state index contributed by atoms with van der Waals surface area (Å²) in [6.45, 7) is 0. The number of carbonyl (C=O) groups excluding carboxylic acids is 3. The quantitative estimate of drug-likeness (QED) is 0.449. The first kappa shape index (κ1) is 25.1. The van der Waals surface area contributed by atoms with Crippen LogP contribution in [0.2, 0.25) is 5.02 Å². The molecule has 1 aliphatic rings. The summed E-state index contributed by atoms with van der Waals surface area (Å²) in [5.41, 5.74) is 3.60. The number of carbonyl (C=O) groups is 3. The maximum absolute atomic E-state index is 13.5. The number of hydrogen-bond acceptors (Lipinski definition) is 5. The summed E-state index contributed by atoms with van der Waals surface area (Å²) in [5, 5.41) is 4.27. The number of hydrazine groups is 1. The van der Waals surface area contributed by atoms with Crippen LogP contribution in [0.25, 0.3) is 0 Å². The zero-order valence-corrected chi connectivity index (χ0v) is 20.5. The van der Waals surface area contributed by atoms with Crippen LogP contribution in [0.5, 0.6) is 5.75 Å². The normalized spacial score (nSPS) is 15.1. The van der Waals surface area contributed by atoms with Gasteiger partial charge in [-0.1, -0.05) is 23.7 Å². The van der Waals surface area contributed by atoms with Crippen molar-refractivity contribution in [2.45, 2.75) is 12.5 Å². The van der Waals surface area contributed by atoms with Crippen LogP contribution in [0.4, 0.5) is 15.8 Å². The van der Waals surface area contributed by atoms with Crippen molar-refractivity contribution in [2.75, 3.05) is 17.3 Å². The second kappa shape index (κ2) is 10.7. The molecule has 1 fully saturated rings. The first-order valence-electron chi connectivity index (χ1n) is 10.7. The summed E-state index contributed by atoms with van der Waals surface area (Å²) in [4.78, 5) is 40.4. The van der Waals surface area contributed by atoms with Gasteiger partial charge in [0.05, 0.1) is 24.9 Å². The molecule has 1 saturated heterocycles. The molecule has 1 aliphatic heterocycles. The monoisotopic (exact) mass is 526 g/mol. The average Bonchev–Trinajstić information content (AvgIpc) is 3.09. The number of para-hydroxylation sites is 2. The van der Waals surface area contributed by atoms with E-state index in [4.69, 9.17) is 28.6 Å². The lowest BCUT2D eigenvalue weighted by Crippen LogP contribution is -2.49. The second-order valence-corrected chi connectivity index (χ2v) is 8.52. The molecule has 2 N–H and O–H groups in total. The predicted octanol–water partition coefficient (Wildman–Crippen LogP) is 4.16. The highest BCUT2D eigenvalue weighted by molar-refractivity contribution is 7.80. The number of ether oxygens (including phenoxy) is 1. The number of halogens is 2.